The summed E-state index contributed by atoms with van der Waals surface area (Å²) in [7, 11) is 0. The van der Waals surface area contributed by atoms with Crippen LogP contribution in [0.2, 0.25) is 0 Å². The molecular formula is C17H12N3. The molecule has 4 rings (SSSR count). The van der Waals surface area contributed by atoms with Crippen LogP contribution in [0.15, 0.2) is 67.3 Å². The normalized spacial score (nSPS) is 11.0. The zero-order valence-electron chi connectivity index (χ0n) is 10.7. The Morgan fingerprint density at radius 2 is 1.90 bits per heavy atom. The average Bonchev–Trinajstić information content (AvgIpc) is 3.18. The van der Waals surface area contributed by atoms with Crippen LogP contribution in [0.25, 0.3) is 27.9 Å². The Kier molecular flexibility index (Phi) is 2.42. The zero-order valence-corrected chi connectivity index (χ0v) is 10.7. The number of nitrogens with zero attached hydrogens (tertiary/aromatic N) is 2. The van der Waals surface area contributed by atoms with E-state index >= 15 is 0 Å². The third kappa shape index (κ3) is 1.72. The van der Waals surface area contributed by atoms with Gasteiger partial charge in [-0.2, -0.15) is 0 Å². The van der Waals surface area contributed by atoms with Gasteiger partial charge in [-0.05, 0) is 17.7 Å². The van der Waals surface area contributed by atoms with Crippen molar-refractivity contribution in [3.05, 3.63) is 73.4 Å². The molecule has 20 heavy (non-hydrogen) atoms. The van der Waals surface area contributed by atoms with E-state index < -0.39 is 0 Å². The van der Waals surface area contributed by atoms with Crippen molar-refractivity contribution in [1.82, 2.24) is 14.4 Å². The number of hydrogen-bond acceptors (Lipinski definition) is 1. The molecule has 1 radical (unpaired) electrons. The van der Waals surface area contributed by atoms with Crippen LogP contribution in [-0.4, -0.2) is 14.4 Å². The molecule has 0 bridgehead atoms. The second kappa shape index (κ2) is 4.38. The third-order valence-corrected chi connectivity index (χ3v) is 3.45. The van der Waals surface area contributed by atoms with E-state index in [1.807, 2.05) is 41.2 Å². The molecule has 0 amide bonds. The number of nitrogens with one attached hydrogen (secondary N) is 1. The van der Waals surface area contributed by atoms with Crippen LogP contribution in [-0.2, 0) is 0 Å². The molecule has 1 aromatic carbocycles. The fraction of sp³-hybridized carbons (Fsp3) is 0. The van der Waals surface area contributed by atoms with Crippen molar-refractivity contribution >= 4 is 5.65 Å². The lowest BCUT2D eigenvalue weighted by Crippen LogP contribution is -1.90. The summed E-state index contributed by atoms with van der Waals surface area (Å²) in [5, 5.41) is 0. The Balaban J connectivity index is 2.01. The predicted molar refractivity (Wildman–Crippen MR) is 79.3 cm³/mol. The summed E-state index contributed by atoms with van der Waals surface area (Å²) in [6, 6.07) is 14.6. The van der Waals surface area contributed by atoms with Crippen molar-refractivity contribution in [3.8, 4) is 22.3 Å². The summed E-state index contributed by atoms with van der Waals surface area (Å²) < 4.78 is 2.02. The number of imidazole rings is 1. The van der Waals surface area contributed by atoms with Crippen molar-refractivity contribution in [1.29, 1.82) is 0 Å². The third-order valence-electron chi connectivity index (χ3n) is 3.45. The first-order valence-corrected chi connectivity index (χ1v) is 6.49. The van der Waals surface area contributed by atoms with Gasteiger partial charge < -0.3 is 9.38 Å². The van der Waals surface area contributed by atoms with E-state index in [-0.39, 0.29) is 0 Å². The van der Waals surface area contributed by atoms with E-state index in [0.717, 1.165) is 27.9 Å². The van der Waals surface area contributed by atoms with Gasteiger partial charge >= 0.3 is 0 Å². The van der Waals surface area contributed by atoms with E-state index in [1.54, 1.807) is 0 Å². The predicted octanol–water partition coefficient (Wildman–Crippen LogP) is 3.80. The van der Waals surface area contributed by atoms with Gasteiger partial charge in [0, 0.05) is 41.5 Å². The molecule has 3 nitrogen and oxygen atoms in total. The fourth-order valence-corrected chi connectivity index (χ4v) is 2.47. The lowest BCUT2D eigenvalue weighted by atomic mass is 10.0. The van der Waals surface area contributed by atoms with Gasteiger partial charge in [-0.3, -0.25) is 0 Å². The molecule has 0 atom stereocenters. The number of hydrogen-bond donors (Lipinski definition) is 1. The number of H-pyrrole nitrogens is 1. The first-order valence-electron chi connectivity index (χ1n) is 6.49. The number of aromatic amines is 1. The van der Waals surface area contributed by atoms with E-state index in [2.05, 4.69) is 46.6 Å². The van der Waals surface area contributed by atoms with Gasteiger partial charge in [-0.1, -0.05) is 30.3 Å². The van der Waals surface area contributed by atoms with Crippen LogP contribution in [0.3, 0.4) is 0 Å². The average molecular weight is 258 g/mol. The smallest absolute Gasteiger partial charge is 0.145 e. The highest BCUT2D eigenvalue weighted by Crippen LogP contribution is 2.29. The highest BCUT2D eigenvalue weighted by molar-refractivity contribution is 5.82. The molecule has 3 heteroatoms. The fourth-order valence-electron chi connectivity index (χ4n) is 2.47. The Morgan fingerprint density at radius 1 is 1.00 bits per heavy atom. The Hall–Kier alpha value is -2.81. The van der Waals surface area contributed by atoms with Crippen LogP contribution < -0.4 is 0 Å². The van der Waals surface area contributed by atoms with Gasteiger partial charge in [0.2, 0.25) is 0 Å². The minimum atomic E-state index is 0.926. The highest BCUT2D eigenvalue weighted by atomic mass is 15.0. The van der Waals surface area contributed by atoms with Crippen LogP contribution in [0.1, 0.15) is 0 Å². The second-order valence-corrected chi connectivity index (χ2v) is 4.71. The van der Waals surface area contributed by atoms with Crippen LogP contribution in [0.4, 0.5) is 0 Å². The number of benzene rings is 1. The summed E-state index contributed by atoms with van der Waals surface area (Å²) in [5.41, 5.74) is 5.53. The summed E-state index contributed by atoms with van der Waals surface area (Å²) in [6.07, 6.45) is 10.8. The minimum Gasteiger partial charge on any atom is -0.367 e. The Morgan fingerprint density at radius 3 is 2.70 bits per heavy atom. The maximum atomic E-state index is 4.35. The number of pyridine rings is 1. The lowest BCUT2D eigenvalue weighted by Gasteiger charge is -2.07. The van der Waals surface area contributed by atoms with Gasteiger partial charge in [-0.25, -0.2) is 4.98 Å². The number of fused-ring (bicyclic) bond motifs is 1. The highest BCUT2D eigenvalue weighted by Gasteiger charge is 2.09. The maximum absolute atomic E-state index is 4.35. The lowest BCUT2D eigenvalue weighted by molar-refractivity contribution is 1.19. The summed E-state index contributed by atoms with van der Waals surface area (Å²) in [5.74, 6) is 0. The van der Waals surface area contributed by atoms with Crippen molar-refractivity contribution in [2.24, 2.45) is 0 Å². The second-order valence-electron chi connectivity index (χ2n) is 4.71. The van der Waals surface area contributed by atoms with Crippen LogP contribution in [0, 0.1) is 6.20 Å². The molecule has 0 spiro atoms. The largest absolute Gasteiger partial charge is 0.367 e. The SMILES string of the molecule is [c]1cn2cc(-c3cc[nH]c3)cc(-c3ccccc3)c2n1. The zero-order chi connectivity index (χ0) is 13.4. The van der Waals surface area contributed by atoms with Crippen molar-refractivity contribution < 1.29 is 0 Å². The molecule has 0 aliphatic carbocycles. The molecular weight excluding hydrogens is 246 g/mol. The molecule has 0 aliphatic heterocycles. The molecule has 1 N–H and O–H groups in total. The monoisotopic (exact) mass is 258 g/mol. The van der Waals surface area contributed by atoms with Crippen molar-refractivity contribution in [2.75, 3.05) is 0 Å². The van der Waals surface area contributed by atoms with E-state index in [9.17, 15) is 0 Å². The first kappa shape index (κ1) is 11.1. The summed E-state index contributed by atoms with van der Waals surface area (Å²) >= 11 is 0. The molecule has 3 heterocycles. The maximum Gasteiger partial charge on any atom is 0.145 e. The topological polar surface area (TPSA) is 33.1 Å². The van der Waals surface area contributed by atoms with Gasteiger partial charge in [0.1, 0.15) is 11.8 Å². The van der Waals surface area contributed by atoms with E-state index in [1.165, 1.54) is 0 Å². The molecule has 3 aromatic heterocycles. The minimum absolute atomic E-state index is 0.926. The molecule has 0 aliphatic rings. The quantitative estimate of drug-likeness (QED) is 0.583. The number of aromatic nitrogens is 3. The van der Waals surface area contributed by atoms with Crippen LogP contribution in [0.5, 0.6) is 0 Å². The Bertz CT molecular complexity index is 842. The first-order chi connectivity index (χ1) is 9.92. The molecule has 95 valence electrons. The molecule has 0 unspecified atom stereocenters. The standard InChI is InChI=1S/C17H12N3/c1-2-4-13(5-3-1)16-10-15(14-6-7-18-11-14)12-20-9-8-19-17(16)20/h1-7,9-12,18H. The molecule has 4 aromatic rings. The van der Waals surface area contributed by atoms with Gasteiger partial charge in [0.05, 0.1) is 0 Å². The van der Waals surface area contributed by atoms with Crippen molar-refractivity contribution in [2.45, 2.75) is 0 Å². The van der Waals surface area contributed by atoms with Crippen molar-refractivity contribution in [3.63, 3.8) is 0 Å². The summed E-state index contributed by atoms with van der Waals surface area (Å²) in [4.78, 5) is 7.44. The van der Waals surface area contributed by atoms with Crippen LogP contribution >= 0.6 is 0 Å². The van der Waals surface area contributed by atoms with Gasteiger partial charge in [0.15, 0.2) is 0 Å². The molecule has 0 fully saturated rings. The van der Waals surface area contributed by atoms with Gasteiger partial charge in [0.25, 0.3) is 0 Å². The Labute approximate surface area is 116 Å². The number of rotatable bonds is 2. The van der Waals surface area contributed by atoms with Gasteiger partial charge in [-0.15, -0.1) is 0 Å². The van der Waals surface area contributed by atoms with E-state index in [0.29, 0.717) is 0 Å². The molecule has 0 saturated heterocycles. The van der Waals surface area contributed by atoms with E-state index in [4.69, 9.17) is 0 Å². The summed E-state index contributed by atoms with van der Waals surface area (Å²) in [6.45, 7) is 0. The molecule has 0 saturated carbocycles.